The van der Waals surface area contributed by atoms with E-state index in [9.17, 15) is 0 Å². The lowest BCUT2D eigenvalue weighted by molar-refractivity contribution is -0.890. The summed E-state index contributed by atoms with van der Waals surface area (Å²) in [6, 6.07) is 3.98. The zero-order chi connectivity index (χ0) is 26.9. The fourth-order valence-electron chi connectivity index (χ4n) is 5.56. The van der Waals surface area contributed by atoms with E-state index in [4.69, 9.17) is 14.2 Å². The van der Waals surface area contributed by atoms with Crippen molar-refractivity contribution in [3.05, 3.63) is 17.8 Å². The fraction of sp³-hybridized carbons (Fsp3) is 0.750. The van der Waals surface area contributed by atoms with Gasteiger partial charge in [0.25, 0.3) is 0 Å². The number of rotatable bonds is 22. The lowest BCUT2D eigenvalue weighted by Gasteiger charge is -2.30. The summed E-state index contributed by atoms with van der Waals surface area (Å²) < 4.78 is 18.0. The number of H-pyrrole nitrogens is 1. The Kier molecular flexibility index (Phi) is 14.9. The van der Waals surface area contributed by atoms with Crippen LogP contribution in [0.25, 0.3) is 10.9 Å². The molecule has 0 aliphatic heterocycles. The highest BCUT2D eigenvalue weighted by Gasteiger charge is 2.21. The zero-order valence-corrected chi connectivity index (χ0v) is 25.1. The molecule has 5 heteroatoms. The molecule has 0 bridgehead atoms. The Balaban J connectivity index is 1.61. The van der Waals surface area contributed by atoms with Gasteiger partial charge in [0.15, 0.2) is 17.2 Å². The van der Waals surface area contributed by atoms with Crippen LogP contribution in [0.1, 0.15) is 109 Å². The predicted octanol–water partition coefficient (Wildman–Crippen LogP) is 8.68. The summed E-state index contributed by atoms with van der Waals surface area (Å²) in [6.45, 7) is 4.71. The van der Waals surface area contributed by atoms with Gasteiger partial charge in [-0.2, -0.15) is 0 Å². The van der Waals surface area contributed by atoms with Crippen LogP contribution in [0.15, 0.2) is 12.1 Å². The van der Waals surface area contributed by atoms with Crippen molar-refractivity contribution in [1.82, 2.24) is 4.98 Å². The zero-order valence-electron chi connectivity index (χ0n) is 25.1. The highest BCUT2D eigenvalue weighted by Crippen LogP contribution is 2.42. The van der Waals surface area contributed by atoms with Gasteiger partial charge in [-0.25, -0.2) is 0 Å². The topological polar surface area (TPSA) is 43.5 Å². The van der Waals surface area contributed by atoms with Crippen LogP contribution in [0.5, 0.6) is 17.2 Å². The smallest absolute Gasteiger partial charge is 0.173 e. The minimum absolute atomic E-state index is 0.727. The fourth-order valence-corrected chi connectivity index (χ4v) is 5.56. The number of unbranched alkanes of at least 4 members (excludes halogenated alkanes) is 13. The molecular formula is C32H57N2O3+. The summed E-state index contributed by atoms with van der Waals surface area (Å²) >= 11 is 0. The van der Waals surface area contributed by atoms with Gasteiger partial charge < -0.3 is 23.7 Å². The number of nitrogens with zero attached hydrogens (tertiary/aromatic N) is 1. The van der Waals surface area contributed by atoms with Crippen LogP contribution in [-0.2, 0) is 6.42 Å². The maximum atomic E-state index is 5.81. The molecule has 1 aromatic carbocycles. The maximum absolute atomic E-state index is 5.81. The van der Waals surface area contributed by atoms with E-state index in [-0.39, 0.29) is 0 Å². The molecule has 0 amide bonds. The average molecular weight is 518 g/mol. The lowest BCUT2D eigenvalue weighted by Crippen LogP contribution is -2.41. The van der Waals surface area contributed by atoms with E-state index < -0.39 is 0 Å². The first-order chi connectivity index (χ1) is 18.0. The maximum Gasteiger partial charge on any atom is 0.173 e. The van der Waals surface area contributed by atoms with Crippen LogP contribution in [0.4, 0.5) is 0 Å². The van der Waals surface area contributed by atoms with Gasteiger partial charge >= 0.3 is 0 Å². The Morgan fingerprint density at radius 2 is 1.14 bits per heavy atom. The van der Waals surface area contributed by atoms with Crippen molar-refractivity contribution >= 4 is 10.9 Å². The highest BCUT2D eigenvalue weighted by atomic mass is 16.5. The van der Waals surface area contributed by atoms with E-state index in [1.807, 2.05) is 12.1 Å². The third kappa shape index (κ3) is 10.8. The molecule has 0 aliphatic carbocycles. The van der Waals surface area contributed by atoms with Gasteiger partial charge in [0.05, 0.1) is 65.1 Å². The number of nitrogens with one attached hydrogen (secondary N) is 1. The molecule has 2 aromatic rings. The molecule has 1 N–H and O–H groups in total. The summed E-state index contributed by atoms with van der Waals surface area (Å²) in [5, 5.41) is 0.968. The van der Waals surface area contributed by atoms with Gasteiger partial charge in [-0.05, 0) is 31.4 Å². The van der Waals surface area contributed by atoms with Gasteiger partial charge in [-0.1, -0.05) is 84.0 Å². The first-order valence-corrected chi connectivity index (χ1v) is 15.1. The molecule has 1 aromatic heterocycles. The summed E-state index contributed by atoms with van der Waals surface area (Å²) in [6.07, 6.45) is 21.9. The Hall–Kier alpha value is -1.88. The molecule has 0 aliphatic rings. The molecule has 0 fully saturated rings. The molecule has 2 rings (SSSR count). The number of hydrogen-bond acceptors (Lipinski definition) is 3. The molecule has 37 heavy (non-hydrogen) atoms. The normalized spacial score (nSPS) is 11.8. The van der Waals surface area contributed by atoms with Crippen molar-refractivity contribution < 1.29 is 18.7 Å². The number of aromatic amines is 1. The van der Waals surface area contributed by atoms with Crippen LogP contribution in [0, 0.1) is 0 Å². The summed E-state index contributed by atoms with van der Waals surface area (Å²) in [5.74, 6) is 2.33. The standard InChI is InChI=1S/C32H57N2O3/c1-7-8-9-10-11-12-13-14-15-16-17-18-19-20-25-34(2,3)26-21-22-28-31(36-5)30-27(33-28)23-24-29(35-4)32(30)37-6/h23-24,33H,7-22,25-26H2,1-6H3/q+1. The number of benzene rings is 1. The minimum atomic E-state index is 0.727. The average Bonchev–Trinajstić information content (AvgIpc) is 3.25. The molecule has 212 valence electrons. The molecule has 1 heterocycles. The largest absolute Gasteiger partial charge is 0.494 e. The van der Waals surface area contributed by atoms with Gasteiger partial charge in [0, 0.05) is 6.42 Å². The summed E-state index contributed by atoms with van der Waals surface area (Å²) in [5.41, 5.74) is 2.17. The molecule has 5 nitrogen and oxygen atoms in total. The van der Waals surface area contributed by atoms with Gasteiger partial charge in [-0.15, -0.1) is 0 Å². The van der Waals surface area contributed by atoms with Crippen molar-refractivity contribution in [2.45, 2.75) is 110 Å². The van der Waals surface area contributed by atoms with E-state index in [2.05, 4.69) is 26.0 Å². The van der Waals surface area contributed by atoms with Gasteiger partial charge in [0.1, 0.15) is 0 Å². The van der Waals surface area contributed by atoms with Crippen molar-refractivity contribution in [3.8, 4) is 17.2 Å². The number of aromatic nitrogens is 1. The Labute approximate surface area is 227 Å². The Morgan fingerprint density at radius 1 is 0.622 bits per heavy atom. The highest BCUT2D eigenvalue weighted by molar-refractivity contribution is 5.95. The number of quaternary nitrogens is 1. The van der Waals surface area contributed by atoms with Crippen LogP contribution in [0.2, 0.25) is 0 Å². The van der Waals surface area contributed by atoms with E-state index >= 15 is 0 Å². The van der Waals surface area contributed by atoms with E-state index in [1.165, 1.54) is 96.4 Å². The molecule has 0 atom stereocenters. The van der Waals surface area contributed by atoms with Gasteiger partial charge in [-0.3, -0.25) is 0 Å². The van der Waals surface area contributed by atoms with Crippen molar-refractivity contribution in [1.29, 1.82) is 0 Å². The van der Waals surface area contributed by atoms with Crippen molar-refractivity contribution in [2.75, 3.05) is 48.5 Å². The molecule has 0 unspecified atom stereocenters. The SMILES string of the molecule is CCCCCCCCCCCCCCCC[N+](C)(C)CCCc1[nH]c2ccc(OC)c(OC)c2c1OC. The molecule has 0 spiro atoms. The quantitative estimate of drug-likeness (QED) is 0.125. The summed E-state index contributed by atoms with van der Waals surface area (Å²) in [7, 11) is 9.83. The molecule has 0 radical (unpaired) electrons. The molecule has 0 saturated carbocycles. The van der Waals surface area contributed by atoms with Crippen molar-refractivity contribution in [2.24, 2.45) is 0 Å². The lowest BCUT2D eigenvalue weighted by atomic mass is 10.0. The molecule has 0 saturated heterocycles. The number of fused-ring (bicyclic) bond motifs is 1. The van der Waals surface area contributed by atoms with E-state index in [0.717, 1.165) is 57.7 Å². The second-order valence-electron chi connectivity index (χ2n) is 11.4. The van der Waals surface area contributed by atoms with Crippen molar-refractivity contribution in [3.63, 3.8) is 0 Å². The van der Waals surface area contributed by atoms with Crippen LogP contribution < -0.4 is 14.2 Å². The first kappa shape index (κ1) is 31.3. The van der Waals surface area contributed by atoms with E-state index in [0.29, 0.717) is 0 Å². The number of aryl methyl sites for hydroxylation is 1. The number of ether oxygens (including phenoxy) is 3. The number of hydrogen-bond donors (Lipinski definition) is 1. The summed E-state index contributed by atoms with van der Waals surface area (Å²) in [4.78, 5) is 3.56. The van der Waals surface area contributed by atoms with Gasteiger partial charge in [0.2, 0.25) is 0 Å². The van der Waals surface area contributed by atoms with E-state index in [1.54, 1.807) is 21.3 Å². The first-order valence-electron chi connectivity index (χ1n) is 15.1. The molecular weight excluding hydrogens is 460 g/mol. The van der Waals surface area contributed by atoms with Crippen LogP contribution in [0.3, 0.4) is 0 Å². The van der Waals surface area contributed by atoms with Crippen LogP contribution in [-0.4, -0.2) is 58.0 Å². The van der Waals surface area contributed by atoms with Crippen LogP contribution >= 0.6 is 0 Å². The second kappa shape index (κ2) is 17.6. The second-order valence-corrected chi connectivity index (χ2v) is 11.4. The monoisotopic (exact) mass is 517 g/mol. The Morgan fingerprint density at radius 3 is 1.65 bits per heavy atom. The Bertz CT molecular complexity index is 875. The predicted molar refractivity (Wildman–Crippen MR) is 158 cm³/mol. The third-order valence-corrected chi connectivity index (χ3v) is 7.84. The third-order valence-electron chi connectivity index (χ3n) is 7.84. The minimum Gasteiger partial charge on any atom is -0.494 e. The number of methoxy groups -OCH3 is 3.